The Bertz CT molecular complexity index is 277. The van der Waals surface area contributed by atoms with E-state index in [1.807, 2.05) is 0 Å². The van der Waals surface area contributed by atoms with Crippen molar-refractivity contribution in [2.75, 3.05) is 12.5 Å². The number of esters is 1. The van der Waals surface area contributed by atoms with Gasteiger partial charge in [-0.1, -0.05) is 0 Å². The summed E-state index contributed by atoms with van der Waals surface area (Å²) < 4.78 is 4.73. The zero-order chi connectivity index (χ0) is 11.7. The minimum Gasteiger partial charge on any atom is -0.459 e. The molecule has 0 rings (SSSR count). The maximum absolute atomic E-state index is 10.5. The SMILES string of the molecule is C=N/C(=C\SCNC(C)=O)COC(C)=O. The minimum atomic E-state index is -0.364. The van der Waals surface area contributed by atoms with Crippen LogP contribution in [0.5, 0.6) is 0 Å². The molecule has 0 aliphatic heterocycles. The zero-order valence-corrected chi connectivity index (χ0v) is 9.60. The Labute approximate surface area is 93.0 Å². The molecule has 0 aromatic rings. The van der Waals surface area contributed by atoms with E-state index in [0.717, 1.165) is 0 Å². The van der Waals surface area contributed by atoms with Crippen LogP contribution < -0.4 is 5.32 Å². The zero-order valence-electron chi connectivity index (χ0n) is 8.78. The first-order chi connectivity index (χ1) is 7.06. The Morgan fingerprint density at radius 2 is 2.20 bits per heavy atom. The maximum Gasteiger partial charge on any atom is 0.303 e. The van der Waals surface area contributed by atoms with Crippen molar-refractivity contribution in [3.63, 3.8) is 0 Å². The Balaban J connectivity index is 3.83. The third-order valence-electron chi connectivity index (χ3n) is 1.25. The van der Waals surface area contributed by atoms with E-state index in [2.05, 4.69) is 17.0 Å². The van der Waals surface area contributed by atoms with Gasteiger partial charge in [-0.15, -0.1) is 11.8 Å². The normalized spacial score (nSPS) is 10.7. The highest BCUT2D eigenvalue weighted by Gasteiger charge is 1.97. The Kier molecular flexibility index (Phi) is 7.35. The number of nitrogens with one attached hydrogen (secondary N) is 1. The highest BCUT2D eigenvalue weighted by Crippen LogP contribution is 2.07. The number of carbonyl (C=O) groups is 2. The van der Waals surface area contributed by atoms with Crippen LogP contribution in [0.25, 0.3) is 0 Å². The monoisotopic (exact) mass is 230 g/mol. The molecule has 0 aromatic heterocycles. The van der Waals surface area contributed by atoms with Gasteiger partial charge in [0.15, 0.2) is 0 Å². The summed E-state index contributed by atoms with van der Waals surface area (Å²) in [5, 5.41) is 4.29. The molecule has 0 unspecified atom stereocenters. The van der Waals surface area contributed by atoms with Gasteiger partial charge in [0.05, 0.1) is 11.6 Å². The molecular weight excluding hydrogens is 216 g/mol. The molecule has 0 saturated heterocycles. The molecule has 1 amide bonds. The molecule has 0 aliphatic carbocycles. The minimum absolute atomic E-state index is 0.0935. The van der Waals surface area contributed by atoms with E-state index >= 15 is 0 Å². The third-order valence-corrected chi connectivity index (χ3v) is 2.00. The molecule has 6 heteroatoms. The molecule has 0 aromatic carbocycles. The van der Waals surface area contributed by atoms with Gasteiger partial charge in [-0.05, 0) is 12.1 Å². The summed E-state index contributed by atoms with van der Waals surface area (Å²) in [5.41, 5.74) is 0.556. The highest BCUT2D eigenvalue weighted by atomic mass is 32.2. The first kappa shape index (κ1) is 13.7. The van der Waals surface area contributed by atoms with Gasteiger partial charge in [0.2, 0.25) is 5.91 Å². The quantitative estimate of drug-likeness (QED) is 0.319. The summed E-state index contributed by atoms with van der Waals surface area (Å²) in [4.78, 5) is 24.7. The van der Waals surface area contributed by atoms with Crippen molar-refractivity contribution in [3.05, 3.63) is 11.1 Å². The Morgan fingerprint density at radius 3 is 2.67 bits per heavy atom. The lowest BCUT2D eigenvalue weighted by Crippen LogP contribution is -2.18. The van der Waals surface area contributed by atoms with E-state index in [1.165, 1.54) is 25.6 Å². The van der Waals surface area contributed by atoms with Gasteiger partial charge in [0, 0.05) is 13.8 Å². The smallest absolute Gasteiger partial charge is 0.303 e. The molecule has 84 valence electrons. The van der Waals surface area contributed by atoms with Gasteiger partial charge in [-0.25, -0.2) is 0 Å². The lowest BCUT2D eigenvalue weighted by Gasteiger charge is -2.02. The largest absolute Gasteiger partial charge is 0.459 e. The van der Waals surface area contributed by atoms with Crippen LogP contribution in [-0.4, -0.2) is 31.1 Å². The van der Waals surface area contributed by atoms with Gasteiger partial charge in [-0.3, -0.25) is 14.6 Å². The highest BCUT2D eigenvalue weighted by molar-refractivity contribution is 8.02. The van der Waals surface area contributed by atoms with E-state index in [0.29, 0.717) is 11.6 Å². The van der Waals surface area contributed by atoms with Crippen LogP contribution in [0.2, 0.25) is 0 Å². The first-order valence-electron chi connectivity index (χ1n) is 4.21. The molecule has 1 N–H and O–H groups in total. The van der Waals surface area contributed by atoms with Crippen molar-refractivity contribution in [2.24, 2.45) is 4.99 Å². The van der Waals surface area contributed by atoms with Crippen molar-refractivity contribution in [1.82, 2.24) is 5.32 Å². The topological polar surface area (TPSA) is 67.8 Å². The van der Waals surface area contributed by atoms with Gasteiger partial charge in [-0.2, -0.15) is 0 Å². The second-order valence-corrected chi connectivity index (χ2v) is 3.45. The van der Waals surface area contributed by atoms with Gasteiger partial charge >= 0.3 is 5.97 Å². The fraction of sp³-hybridized carbons (Fsp3) is 0.444. The molecule has 0 aliphatic rings. The summed E-state index contributed by atoms with van der Waals surface area (Å²) >= 11 is 1.35. The summed E-state index contributed by atoms with van der Waals surface area (Å²) in [6.45, 7) is 6.21. The number of hydrogen-bond acceptors (Lipinski definition) is 5. The molecule has 0 saturated carbocycles. The van der Waals surface area contributed by atoms with Crippen molar-refractivity contribution in [3.8, 4) is 0 Å². The standard InChI is InChI=1S/C9H14N2O3S/c1-7(12)11-6-15-5-9(10-3)4-14-8(2)13/h5H,3-4,6H2,1-2H3,(H,11,12)/b9-5-. The van der Waals surface area contributed by atoms with Crippen LogP contribution in [0, 0.1) is 0 Å². The number of ether oxygens (including phenoxy) is 1. The lowest BCUT2D eigenvalue weighted by atomic mass is 10.5. The molecule has 0 radical (unpaired) electrons. The van der Waals surface area contributed by atoms with E-state index in [4.69, 9.17) is 4.74 Å². The van der Waals surface area contributed by atoms with Crippen LogP contribution in [-0.2, 0) is 14.3 Å². The van der Waals surface area contributed by atoms with Crippen molar-refractivity contribution in [2.45, 2.75) is 13.8 Å². The average Bonchev–Trinajstić information content (AvgIpc) is 2.16. The maximum atomic E-state index is 10.5. The lowest BCUT2D eigenvalue weighted by molar-refractivity contribution is -0.140. The molecule has 0 bridgehead atoms. The number of rotatable bonds is 6. The first-order valence-corrected chi connectivity index (χ1v) is 5.26. The molecule has 0 fully saturated rings. The van der Waals surface area contributed by atoms with E-state index < -0.39 is 0 Å². The summed E-state index contributed by atoms with van der Waals surface area (Å²) in [5.74, 6) is -0.00515. The van der Waals surface area contributed by atoms with Gasteiger partial charge in [0.1, 0.15) is 6.61 Å². The number of nitrogens with zero attached hydrogens (tertiary/aromatic N) is 1. The number of carbonyl (C=O) groups excluding carboxylic acids is 2. The second-order valence-electron chi connectivity index (χ2n) is 2.59. The molecule has 5 nitrogen and oxygen atoms in total. The number of hydrogen-bond donors (Lipinski definition) is 1. The van der Waals surface area contributed by atoms with Crippen molar-refractivity contribution < 1.29 is 14.3 Å². The van der Waals surface area contributed by atoms with E-state index in [1.54, 1.807) is 5.41 Å². The van der Waals surface area contributed by atoms with Crippen LogP contribution in [0.15, 0.2) is 16.1 Å². The summed E-state index contributed by atoms with van der Waals surface area (Å²) in [7, 11) is 0. The van der Waals surface area contributed by atoms with Gasteiger partial charge in [0.25, 0.3) is 0 Å². The van der Waals surface area contributed by atoms with Crippen molar-refractivity contribution >= 4 is 30.4 Å². The summed E-state index contributed by atoms with van der Waals surface area (Å²) in [6.07, 6.45) is 0. The molecule has 15 heavy (non-hydrogen) atoms. The van der Waals surface area contributed by atoms with Crippen molar-refractivity contribution in [1.29, 1.82) is 0 Å². The van der Waals surface area contributed by atoms with E-state index in [-0.39, 0.29) is 18.5 Å². The molecule has 0 atom stereocenters. The second kappa shape index (κ2) is 8.05. The van der Waals surface area contributed by atoms with Crippen LogP contribution >= 0.6 is 11.8 Å². The third kappa shape index (κ3) is 9.01. The number of thioether (sulfide) groups is 1. The molecule has 0 heterocycles. The summed E-state index contributed by atoms with van der Waals surface area (Å²) in [6, 6.07) is 0. The predicted octanol–water partition coefficient (Wildman–Crippen LogP) is 0.918. The fourth-order valence-corrected chi connectivity index (χ4v) is 1.28. The van der Waals surface area contributed by atoms with Gasteiger partial charge < -0.3 is 10.1 Å². The average molecular weight is 230 g/mol. The van der Waals surface area contributed by atoms with Crippen LogP contribution in [0.4, 0.5) is 0 Å². The Morgan fingerprint density at radius 1 is 1.53 bits per heavy atom. The fourth-order valence-electron chi connectivity index (χ4n) is 0.574. The number of amides is 1. The van der Waals surface area contributed by atoms with Crippen LogP contribution in [0.1, 0.15) is 13.8 Å². The Hall–Kier alpha value is -1.30. The molecular formula is C9H14N2O3S. The van der Waals surface area contributed by atoms with Crippen LogP contribution in [0.3, 0.4) is 0 Å². The molecule has 0 spiro atoms. The predicted molar refractivity (Wildman–Crippen MR) is 60.5 cm³/mol. The number of aliphatic imine (C=N–C) groups is 1. The van der Waals surface area contributed by atoms with E-state index in [9.17, 15) is 9.59 Å².